The van der Waals surface area contributed by atoms with Crippen LogP contribution >= 0.6 is 0 Å². The topological polar surface area (TPSA) is 172 Å². The summed E-state index contributed by atoms with van der Waals surface area (Å²) in [6.07, 6.45) is 0. The van der Waals surface area contributed by atoms with Crippen LogP contribution in [0, 0.1) is 11.3 Å². The molecule has 5 rings (SSSR count). The number of H-pyrrole nitrogens is 2. The van der Waals surface area contributed by atoms with Gasteiger partial charge in [-0.3, -0.25) is 9.59 Å². The zero-order chi connectivity index (χ0) is 24.4. The van der Waals surface area contributed by atoms with Crippen molar-refractivity contribution >= 4 is 34.1 Å². The summed E-state index contributed by atoms with van der Waals surface area (Å²) in [5.74, 6) is -0.774. The van der Waals surface area contributed by atoms with Crippen LogP contribution in [0.3, 0.4) is 0 Å². The van der Waals surface area contributed by atoms with Crippen molar-refractivity contribution < 1.29 is 14.7 Å². The fraction of sp³-hybridized carbons (Fsp3) is 0. The molecule has 170 valence electrons. The van der Waals surface area contributed by atoms with Gasteiger partial charge in [-0.2, -0.15) is 5.26 Å². The van der Waals surface area contributed by atoms with E-state index in [1.165, 1.54) is 12.1 Å². The van der Waals surface area contributed by atoms with Crippen LogP contribution in [-0.4, -0.2) is 42.5 Å². The van der Waals surface area contributed by atoms with E-state index < -0.39 is 11.8 Å². The molecule has 0 fully saturated rings. The standard InChI is InChI=1S/C24H16N8O3/c25-12-13-8-9-17(16(10-13)22-29-31-32-30-22)27-24(35)19-11-14-4-3-6-18(21(14)26-19)28-23(34)15-5-1-2-7-20(15)33/h1-11,26,33H,(H,27,35)(H,28,34)(H,29,30,31,32). The number of benzene rings is 3. The number of phenolic OH excluding ortho intramolecular Hbond substituents is 1. The first-order valence-corrected chi connectivity index (χ1v) is 10.3. The highest BCUT2D eigenvalue weighted by molar-refractivity contribution is 6.12. The molecule has 0 atom stereocenters. The Balaban J connectivity index is 1.44. The molecule has 0 radical (unpaired) electrons. The van der Waals surface area contributed by atoms with Gasteiger partial charge < -0.3 is 20.7 Å². The van der Waals surface area contributed by atoms with E-state index in [9.17, 15) is 20.0 Å². The number of fused-ring (bicyclic) bond motifs is 1. The van der Waals surface area contributed by atoms with Crippen LogP contribution in [0.4, 0.5) is 11.4 Å². The van der Waals surface area contributed by atoms with Crippen LogP contribution in [0.5, 0.6) is 5.75 Å². The van der Waals surface area contributed by atoms with Crippen molar-refractivity contribution in [2.24, 2.45) is 0 Å². The first-order chi connectivity index (χ1) is 17.0. The van der Waals surface area contributed by atoms with E-state index in [-0.39, 0.29) is 17.0 Å². The molecule has 11 heteroatoms. The predicted molar refractivity (Wildman–Crippen MR) is 127 cm³/mol. The lowest BCUT2D eigenvalue weighted by Gasteiger charge is -2.09. The summed E-state index contributed by atoms with van der Waals surface area (Å²) in [5, 5.41) is 39.0. The molecular formula is C24H16N8O3. The molecule has 2 heterocycles. The Bertz CT molecular complexity index is 1620. The third-order valence-electron chi connectivity index (χ3n) is 5.30. The summed E-state index contributed by atoms with van der Waals surface area (Å²) in [5.41, 5.74) is 2.60. The van der Waals surface area contributed by atoms with Crippen LogP contribution < -0.4 is 10.6 Å². The number of para-hydroxylation sites is 2. The second-order valence-electron chi connectivity index (χ2n) is 7.50. The molecule has 0 aliphatic heterocycles. The zero-order valence-electron chi connectivity index (χ0n) is 17.9. The molecule has 2 aromatic heterocycles. The number of hydrogen-bond donors (Lipinski definition) is 5. The van der Waals surface area contributed by atoms with Crippen molar-refractivity contribution in [3.63, 3.8) is 0 Å². The van der Waals surface area contributed by atoms with Crippen molar-refractivity contribution in [2.45, 2.75) is 0 Å². The lowest BCUT2D eigenvalue weighted by atomic mass is 10.1. The number of aromatic nitrogens is 5. The van der Waals surface area contributed by atoms with Crippen molar-refractivity contribution in [3.8, 4) is 23.2 Å². The molecule has 2 amide bonds. The number of aromatic hydroxyl groups is 1. The first-order valence-electron chi connectivity index (χ1n) is 10.3. The number of carbonyl (C=O) groups is 2. The minimum atomic E-state index is -0.487. The van der Waals surface area contributed by atoms with Crippen LogP contribution in [0.2, 0.25) is 0 Å². The number of nitriles is 1. The van der Waals surface area contributed by atoms with Crippen LogP contribution in [-0.2, 0) is 0 Å². The van der Waals surface area contributed by atoms with Gasteiger partial charge in [0.15, 0.2) is 5.82 Å². The SMILES string of the molecule is N#Cc1ccc(NC(=O)c2cc3cccc(NC(=O)c4ccccc4O)c3[nH]2)c(-c2nnn[nH]2)c1. The van der Waals surface area contributed by atoms with E-state index in [1.54, 1.807) is 54.6 Å². The molecule has 5 N–H and O–H groups in total. The van der Waals surface area contributed by atoms with Crippen LogP contribution in [0.1, 0.15) is 26.4 Å². The fourth-order valence-corrected chi connectivity index (χ4v) is 3.62. The van der Waals surface area contributed by atoms with E-state index in [0.717, 1.165) is 0 Å². The number of carbonyl (C=O) groups excluding carboxylic acids is 2. The molecule has 11 nitrogen and oxygen atoms in total. The summed E-state index contributed by atoms with van der Waals surface area (Å²) in [6.45, 7) is 0. The van der Waals surface area contributed by atoms with Crippen LogP contribution in [0.15, 0.2) is 66.7 Å². The molecular weight excluding hydrogens is 448 g/mol. The molecule has 0 bridgehead atoms. The quantitative estimate of drug-likeness (QED) is 0.265. The number of hydrogen-bond acceptors (Lipinski definition) is 7. The number of rotatable bonds is 5. The van der Waals surface area contributed by atoms with Gasteiger partial charge in [0.2, 0.25) is 0 Å². The van der Waals surface area contributed by atoms with E-state index in [4.69, 9.17) is 0 Å². The number of amides is 2. The third kappa shape index (κ3) is 4.14. The van der Waals surface area contributed by atoms with E-state index >= 15 is 0 Å². The number of aromatic amines is 2. The Hall–Kier alpha value is -5.50. The minimum Gasteiger partial charge on any atom is -0.507 e. The van der Waals surface area contributed by atoms with Gasteiger partial charge in [-0.15, -0.1) is 5.10 Å². The van der Waals surface area contributed by atoms with Crippen molar-refractivity contribution in [2.75, 3.05) is 10.6 Å². The van der Waals surface area contributed by atoms with Gasteiger partial charge >= 0.3 is 0 Å². The van der Waals surface area contributed by atoms with Gasteiger partial charge in [0.25, 0.3) is 11.8 Å². The smallest absolute Gasteiger partial charge is 0.272 e. The van der Waals surface area contributed by atoms with Gasteiger partial charge in [0, 0.05) is 10.9 Å². The zero-order valence-corrected chi connectivity index (χ0v) is 17.9. The van der Waals surface area contributed by atoms with Gasteiger partial charge in [0.05, 0.1) is 34.1 Å². The molecule has 0 aliphatic carbocycles. The maximum Gasteiger partial charge on any atom is 0.272 e. The molecule has 0 saturated carbocycles. The average Bonchev–Trinajstić information content (AvgIpc) is 3.55. The monoisotopic (exact) mass is 464 g/mol. The second kappa shape index (κ2) is 8.80. The summed E-state index contributed by atoms with van der Waals surface area (Å²) in [7, 11) is 0. The first kappa shape index (κ1) is 21.4. The molecule has 3 aromatic carbocycles. The van der Waals surface area contributed by atoms with Gasteiger partial charge in [-0.25, -0.2) is 5.10 Å². The third-order valence-corrected chi connectivity index (χ3v) is 5.30. The number of tetrazole rings is 1. The Morgan fingerprint density at radius 1 is 0.943 bits per heavy atom. The van der Waals surface area contributed by atoms with E-state index in [2.05, 4.69) is 36.2 Å². The van der Waals surface area contributed by atoms with Gasteiger partial charge in [-0.1, -0.05) is 24.3 Å². The summed E-state index contributed by atoms with van der Waals surface area (Å²) >= 11 is 0. The second-order valence-corrected chi connectivity index (χ2v) is 7.50. The average molecular weight is 464 g/mol. The molecule has 0 saturated heterocycles. The summed E-state index contributed by atoms with van der Waals surface area (Å²) < 4.78 is 0. The highest BCUT2D eigenvalue weighted by Crippen LogP contribution is 2.28. The maximum atomic E-state index is 13.1. The normalized spacial score (nSPS) is 10.6. The highest BCUT2D eigenvalue weighted by Gasteiger charge is 2.17. The number of nitrogens with one attached hydrogen (secondary N) is 4. The molecule has 0 aliphatic rings. The predicted octanol–water partition coefficient (Wildman–Crippen LogP) is 3.43. The Kier molecular flexibility index (Phi) is 5.37. The Morgan fingerprint density at radius 2 is 1.77 bits per heavy atom. The number of phenols is 1. The fourth-order valence-electron chi connectivity index (χ4n) is 3.62. The van der Waals surface area contributed by atoms with E-state index in [0.29, 0.717) is 39.2 Å². The Labute approximate surface area is 197 Å². The molecule has 5 aromatic rings. The van der Waals surface area contributed by atoms with Crippen LogP contribution in [0.25, 0.3) is 22.3 Å². The van der Waals surface area contributed by atoms with Gasteiger partial charge in [0.1, 0.15) is 11.4 Å². The largest absolute Gasteiger partial charge is 0.507 e. The molecule has 0 unspecified atom stereocenters. The lowest BCUT2D eigenvalue weighted by molar-refractivity contribution is 0.101. The maximum absolute atomic E-state index is 13.1. The lowest BCUT2D eigenvalue weighted by Crippen LogP contribution is -2.14. The van der Waals surface area contributed by atoms with Crippen molar-refractivity contribution in [1.82, 2.24) is 25.6 Å². The van der Waals surface area contributed by atoms with Gasteiger partial charge in [-0.05, 0) is 52.9 Å². The molecule has 0 spiro atoms. The number of nitrogens with zero attached hydrogens (tertiary/aromatic N) is 4. The highest BCUT2D eigenvalue weighted by atomic mass is 16.3. The Morgan fingerprint density at radius 3 is 2.54 bits per heavy atom. The minimum absolute atomic E-state index is 0.129. The van der Waals surface area contributed by atoms with Crippen molar-refractivity contribution in [1.29, 1.82) is 5.26 Å². The number of anilines is 2. The van der Waals surface area contributed by atoms with E-state index in [1.807, 2.05) is 6.07 Å². The van der Waals surface area contributed by atoms with Crippen molar-refractivity contribution in [3.05, 3.63) is 83.6 Å². The summed E-state index contributed by atoms with van der Waals surface area (Å²) in [4.78, 5) is 28.8. The summed E-state index contributed by atoms with van der Waals surface area (Å²) in [6, 6.07) is 19.9. The molecule has 35 heavy (non-hydrogen) atoms.